The Hall–Kier alpha value is -2.17. The first-order valence-corrected chi connectivity index (χ1v) is 6.48. The number of anilines is 1. The molecule has 0 aromatic heterocycles. The van der Waals surface area contributed by atoms with Crippen molar-refractivity contribution in [3.8, 4) is 5.75 Å². The lowest BCUT2D eigenvalue weighted by Crippen LogP contribution is -2.11. The molecule has 2 rings (SSSR count). The fourth-order valence-electron chi connectivity index (χ4n) is 2.18. The Kier molecular flexibility index (Phi) is 4.40. The molecule has 1 atom stereocenters. The van der Waals surface area contributed by atoms with E-state index in [1.807, 2.05) is 0 Å². The van der Waals surface area contributed by atoms with E-state index in [9.17, 15) is 13.2 Å². The van der Waals surface area contributed by atoms with Crippen LogP contribution in [-0.4, -0.2) is 7.11 Å². The Morgan fingerprint density at radius 2 is 1.76 bits per heavy atom. The molecule has 2 aromatic rings. The zero-order valence-corrected chi connectivity index (χ0v) is 12.0. The van der Waals surface area contributed by atoms with Crippen LogP contribution >= 0.6 is 0 Å². The fourth-order valence-corrected chi connectivity index (χ4v) is 2.18. The van der Waals surface area contributed by atoms with E-state index >= 15 is 0 Å². The summed E-state index contributed by atoms with van der Waals surface area (Å²) in [6.45, 7) is 3.13. The van der Waals surface area contributed by atoms with Gasteiger partial charge in [-0.2, -0.15) is 0 Å². The van der Waals surface area contributed by atoms with Crippen molar-refractivity contribution < 1.29 is 17.9 Å². The van der Waals surface area contributed by atoms with Crippen molar-refractivity contribution in [1.82, 2.24) is 0 Å². The molecule has 0 aliphatic carbocycles. The van der Waals surface area contributed by atoms with Crippen LogP contribution in [0.15, 0.2) is 30.3 Å². The highest BCUT2D eigenvalue weighted by atomic mass is 19.1. The van der Waals surface area contributed by atoms with Gasteiger partial charge in [-0.1, -0.05) is 6.07 Å². The molecule has 0 spiro atoms. The fraction of sp³-hybridized carbons (Fsp3) is 0.250. The molecule has 2 nitrogen and oxygen atoms in total. The second-order valence-corrected chi connectivity index (χ2v) is 4.80. The summed E-state index contributed by atoms with van der Waals surface area (Å²) in [5.74, 6) is -1.23. The molecule has 21 heavy (non-hydrogen) atoms. The van der Waals surface area contributed by atoms with Crippen molar-refractivity contribution in [3.05, 3.63) is 58.9 Å². The standard InChI is InChI=1S/C16H16F3NO/c1-9-7-13(19)14(8-12(9)18)20-10(2)16-11(17)5-4-6-15(16)21-3/h4-8,10,20H,1-3H3. The molecule has 0 saturated heterocycles. The number of benzene rings is 2. The van der Waals surface area contributed by atoms with E-state index in [0.29, 0.717) is 5.75 Å². The normalized spacial score (nSPS) is 12.1. The monoisotopic (exact) mass is 295 g/mol. The molecule has 0 amide bonds. The minimum Gasteiger partial charge on any atom is -0.496 e. The van der Waals surface area contributed by atoms with Crippen LogP contribution in [-0.2, 0) is 0 Å². The zero-order chi connectivity index (χ0) is 15.6. The number of nitrogens with one attached hydrogen (secondary N) is 1. The molecule has 0 radical (unpaired) electrons. The SMILES string of the molecule is COc1cccc(F)c1C(C)Nc1cc(F)c(C)cc1F. The molecular formula is C16H16F3NO. The van der Waals surface area contributed by atoms with Crippen LogP contribution in [0.2, 0.25) is 0 Å². The Morgan fingerprint density at radius 1 is 1.05 bits per heavy atom. The summed E-state index contributed by atoms with van der Waals surface area (Å²) in [5, 5.41) is 2.78. The number of halogens is 3. The molecule has 2 aromatic carbocycles. The Labute approximate surface area is 121 Å². The quantitative estimate of drug-likeness (QED) is 0.890. The third-order valence-electron chi connectivity index (χ3n) is 3.29. The van der Waals surface area contributed by atoms with Crippen LogP contribution in [0.1, 0.15) is 24.1 Å². The van der Waals surface area contributed by atoms with Crippen molar-refractivity contribution in [1.29, 1.82) is 0 Å². The van der Waals surface area contributed by atoms with Crippen molar-refractivity contribution in [2.45, 2.75) is 19.9 Å². The van der Waals surface area contributed by atoms with E-state index in [1.165, 1.54) is 26.2 Å². The van der Waals surface area contributed by atoms with Crippen LogP contribution in [0.4, 0.5) is 18.9 Å². The minimum absolute atomic E-state index is 0.0177. The Balaban J connectivity index is 2.35. The second-order valence-electron chi connectivity index (χ2n) is 4.80. The first-order valence-electron chi connectivity index (χ1n) is 6.48. The number of methoxy groups -OCH3 is 1. The average molecular weight is 295 g/mol. The summed E-state index contributed by atoms with van der Waals surface area (Å²) in [4.78, 5) is 0. The lowest BCUT2D eigenvalue weighted by Gasteiger charge is -2.19. The molecule has 0 heterocycles. The summed E-state index contributed by atoms with van der Waals surface area (Å²) < 4.78 is 46.4. The van der Waals surface area contributed by atoms with Gasteiger partial charge in [-0.3, -0.25) is 0 Å². The molecule has 0 aliphatic rings. The number of hydrogen-bond acceptors (Lipinski definition) is 2. The van der Waals surface area contributed by atoms with Crippen LogP contribution in [0.25, 0.3) is 0 Å². The van der Waals surface area contributed by atoms with Gasteiger partial charge in [0.1, 0.15) is 23.2 Å². The molecular weight excluding hydrogens is 279 g/mol. The third kappa shape index (κ3) is 3.12. The van der Waals surface area contributed by atoms with Gasteiger partial charge in [0.15, 0.2) is 0 Å². The maximum atomic E-state index is 13.9. The van der Waals surface area contributed by atoms with Crippen molar-refractivity contribution >= 4 is 5.69 Å². The predicted octanol–water partition coefficient (Wildman–Crippen LogP) is 4.59. The predicted molar refractivity (Wildman–Crippen MR) is 76.1 cm³/mol. The molecule has 5 heteroatoms. The van der Waals surface area contributed by atoms with E-state index < -0.39 is 23.5 Å². The largest absolute Gasteiger partial charge is 0.496 e. The van der Waals surface area contributed by atoms with E-state index in [0.717, 1.165) is 12.1 Å². The van der Waals surface area contributed by atoms with Crippen molar-refractivity contribution in [2.24, 2.45) is 0 Å². The second kappa shape index (κ2) is 6.08. The summed E-state index contributed by atoms with van der Waals surface area (Å²) >= 11 is 0. The zero-order valence-electron chi connectivity index (χ0n) is 12.0. The smallest absolute Gasteiger partial charge is 0.146 e. The third-order valence-corrected chi connectivity index (χ3v) is 3.29. The Bertz CT molecular complexity index is 658. The van der Waals surface area contributed by atoms with Gasteiger partial charge in [-0.05, 0) is 37.6 Å². The molecule has 0 aliphatic heterocycles. The summed E-state index contributed by atoms with van der Waals surface area (Å²) in [6.07, 6.45) is 0. The van der Waals surface area contributed by atoms with Crippen LogP contribution in [0.5, 0.6) is 5.75 Å². The highest BCUT2D eigenvalue weighted by Crippen LogP contribution is 2.31. The van der Waals surface area contributed by atoms with Crippen LogP contribution in [0, 0.1) is 24.4 Å². The van der Waals surface area contributed by atoms with Gasteiger partial charge >= 0.3 is 0 Å². The molecule has 0 bridgehead atoms. The van der Waals surface area contributed by atoms with E-state index in [2.05, 4.69) is 5.32 Å². The lowest BCUT2D eigenvalue weighted by molar-refractivity contribution is 0.402. The van der Waals surface area contributed by atoms with Crippen molar-refractivity contribution in [3.63, 3.8) is 0 Å². The number of ether oxygens (including phenoxy) is 1. The van der Waals surface area contributed by atoms with E-state index in [4.69, 9.17) is 4.74 Å². The van der Waals surface area contributed by atoms with E-state index in [1.54, 1.807) is 13.0 Å². The Morgan fingerprint density at radius 3 is 2.43 bits per heavy atom. The van der Waals surface area contributed by atoms with Crippen LogP contribution in [0.3, 0.4) is 0 Å². The summed E-state index contributed by atoms with van der Waals surface area (Å²) in [7, 11) is 1.43. The number of aryl methyl sites for hydroxylation is 1. The maximum Gasteiger partial charge on any atom is 0.146 e. The minimum atomic E-state index is -0.587. The van der Waals surface area contributed by atoms with Gasteiger partial charge in [-0.25, -0.2) is 13.2 Å². The van der Waals surface area contributed by atoms with Gasteiger partial charge < -0.3 is 10.1 Å². The van der Waals surface area contributed by atoms with Gasteiger partial charge in [-0.15, -0.1) is 0 Å². The highest BCUT2D eigenvalue weighted by Gasteiger charge is 2.18. The van der Waals surface area contributed by atoms with Gasteiger partial charge in [0, 0.05) is 6.07 Å². The molecule has 112 valence electrons. The van der Waals surface area contributed by atoms with Gasteiger partial charge in [0.2, 0.25) is 0 Å². The average Bonchev–Trinajstić information content (AvgIpc) is 2.44. The summed E-state index contributed by atoms with van der Waals surface area (Å²) in [5.41, 5.74) is 0.463. The van der Waals surface area contributed by atoms with E-state index in [-0.39, 0.29) is 16.8 Å². The van der Waals surface area contributed by atoms with Crippen molar-refractivity contribution in [2.75, 3.05) is 12.4 Å². The molecule has 0 saturated carbocycles. The molecule has 1 unspecified atom stereocenters. The molecule has 1 N–H and O–H groups in total. The maximum absolute atomic E-state index is 13.9. The molecule has 0 fully saturated rings. The lowest BCUT2D eigenvalue weighted by atomic mass is 10.1. The number of rotatable bonds is 4. The van der Waals surface area contributed by atoms with Crippen LogP contribution < -0.4 is 10.1 Å². The number of hydrogen-bond donors (Lipinski definition) is 1. The summed E-state index contributed by atoms with van der Waals surface area (Å²) in [6, 6.07) is 6.01. The first kappa shape index (κ1) is 15.2. The van der Waals surface area contributed by atoms with Gasteiger partial charge in [0.25, 0.3) is 0 Å². The first-order chi connectivity index (χ1) is 9.93. The van der Waals surface area contributed by atoms with Gasteiger partial charge in [0.05, 0.1) is 24.4 Å². The highest BCUT2D eigenvalue weighted by molar-refractivity contribution is 5.50. The topological polar surface area (TPSA) is 21.3 Å².